The minimum atomic E-state index is -1.52. The molecule has 256 valence electrons. The van der Waals surface area contributed by atoms with Crippen molar-refractivity contribution in [1.29, 1.82) is 0 Å². The third-order valence-electron chi connectivity index (χ3n) is 8.59. The molecule has 1 aliphatic carbocycles. The Bertz CT molecular complexity index is 1150. The average molecular weight is 706 g/mol. The lowest BCUT2D eigenvalue weighted by molar-refractivity contribution is -0.157. The van der Waals surface area contributed by atoms with E-state index in [2.05, 4.69) is 22.9 Å². The van der Waals surface area contributed by atoms with Gasteiger partial charge in [-0.05, 0) is 103 Å². The first-order chi connectivity index (χ1) is 22.4. The summed E-state index contributed by atoms with van der Waals surface area (Å²) in [5, 5.41) is 0. The van der Waals surface area contributed by atoms with Crippen LogP contribution in [0.25, 0.3) is 0 Å². The standard InChI is InChI=1S/C38H54BrFO6/c1-3-5-7-8-9-10-11-12-13-14-26-43-36-25-18-30(27-34(36)39)37(41)45-33-23-21-31(22-24-33)44-28-29-16-19-32(20-17-29)46-38(42)35(40)15-6-4-2/h18,21-25,27,29,32,35H,3-17,19-20,26,28H2,1-2H3/t29?,32?,35-/m0/s1. The average Bonchev–Trinajstić information content (AvgIpc) is 3.07. The van der Waals surface area contributed by atoms with Crippen molar-refractivity contribution in [3.8, 4) is 17.2 Å². The van der Waals surface area contributed by atoms with Gasteiger partial charge >= 0.3 is 11.9 Å². The zero-order valence-corrected chi connectivity index (χ0v) is 29.5. The summed E-state index contributed by atoms with van der Waals surface area (Å²) in [5.41, 5.74) is 0.433. The van der Waals surface area contributed by atoms with Crippen LogP contribution < -0.4 is 14.2 Å². The van der Waals surface area contributed by atoms with Crippen LogP contribution in [-0.2, 0) is 9.53 Å². The summed E-state index contributed by atoms with van der Waals surface area (Å²) in [7, 11) is 0. The number of ether oxygens (including phenoxy) is 4. The molecular formula is C38H54BrFO6. The maximum atomic E-state index is 13.9. The number of hydrogen-bond acceptors (Lipinski definition) is 6. The highest BCUT2D eigenvalue weighted by molar-refractivity contribution is 9.10. The SMILES string of the molecule is CCCCCCCCCCCCOc1ccc(C(=O)Oc2ccc(OCC3CCC(OC(=O)[C@@H](F)CCCC)CC3)cc2)cc1Br. The third kappa shape index (κ3) is 14.4. The van der Waals surface area contributed by atoms with E-state index in [4.69, 9.17) is 18.9 Å². The Morgan fingerprint density at radius 3 is 2.02 bits per heavy atom. The monoisotopic (exact) mass is 704 g/mol. The fraction of sp³-hybridized carbons (Fsp3) is 0.632. The first-order valence-electron chi connectivity index (χ1n) is 17.6. The van der Waals surface area contributed by atoms with Crippen LogP contribution in [0.3, 0.4) is 0 Å². The molecule has 0 unspecified atom stereocenters. The molecule has 6 nitrogen and oxygen atoms in total. The number of alkyl halides is 1. The van der Waals surface area contributed by atoms with Gasteiger partial charge in [0.1, 0.15) is 23.4 Å². The summed E-state index contributed by atoms with van der Waals surface area (Å²) in [6, 6.07) is 12.3. The van der Waals surface area contributed by atoms with Gasteiger partial charge in [-0.1, -0.05) is 84.5 Å². The number of hydrogen-bond donors (Lipinski definition) is 0. The summed E-state index contributed by atoms with van der Waals surface area (Å²) < 4.78 is 37.5. The highest BCUT2D eigenvalue weighted by Crippen LogP contribution is 2.29. The van der Waals surface area contributed by atoms with E-state index in [-0.39, 0.29) is 12.5 Å². The summed E-state index contributed by atoms with van der Waals surface area (Å²) >= 11 is 3.53. The van der Waals surface area contributed by atoms with Crippen LogP contribution in [0.1, 0.15) is 133 Å². The molecule has 1 atom stereocenters. The van der Waals surface area contributed by atoms with Gasteiger partial charge in [0.05, 0.1) is 23.2 Å². The van der Waals surface area contributed by atoms with Crippen LogP contribution >= 0.6 is 15.9 Å². The molecule has 8 heteroatoms. The zero-order valence-electron chi connectivity index (χ0n) is 27.9. The lowest BCUT2D eigenvalue weighted by Gasteiger charge is -2.28. The Kier molecular flexibility index (Phi) is 18.1. The lowest BCUT2D eigenvalue weighted by atomic mass is 9.88. The Hall–Kier alpha value is -2.61. The van der Waals surface area contributed by atoms with Gasteiger partial charge in [0.2, 0.25) is 0 Å². The number of rotatable bonds is 22. The van der Waals surface area contributed by atoms with Crippen molar-refractivity contribution in [3.05, 3.63) is 52.5 Å². The Morgan fingerprint density at radius 1 is 0.783 bits per heavy atom. The van der Waals surface area contributed by atoms with Crippen molar-refractivity contribution in [1.82, 2.24) is 0 Å². The highest BCUT2D eigenvalue weighted by Gasteiger charge is 2.27. The molecule has 0 spiro atoms. The number of halogens is 2. The molecule has 0 bridgehead atoms. The molecule has 1 aliphatic rings. The smallest absolute Gasteiger partial charge is 0.343 e. The number of benzene rings is 2. The lowest BCUT2D eigenvalue weighted by Crippen LogP contribution is -2.30. The quantitative estimate of drug-likeness (QED) is 0.0690. The summed E-state index contributed by atoms with van der Waals surface area (Å²) in [4.78, 5) is 24.7. The predicted octanol–water partition coefficient (Wildman–Crippen LogP) is 11.0. The van der Waals surface area contributed by atoms with E-state index in [1.54, 1.807) is 42.5 Å². The minimum absolute atomic E-state index is 0.212. The molecule has 2 aromatic carbocycles. The minimum Gasteiger partial charge on any atom is -0.493 e. The molecule has 1 saturated carbocycles. The van der Waals surface area contributed by atoms with E-state index in [1.807, 2.05) is 6.92 Å². The zero-order chi connectivity index (χ0) is 33.0. The summed E-state index contributed by atoms with van der Waals surface area (Å²) in [5.74, 6) is 1.02. The van der Waals surface area contributed by atoms with Crippen molar-refractivity contribution < 1.29 is 32.9 Å². The van der Waals surface area contributed by atoms with Crippen LogP contribution in [-0.4, -0.2) is 37.4 Å². The first-order valence-corrected chi connectivity index (χ1v) is 18.4. The molecule has 3 rings (SSSR count). The van der Waals surface area contributed by atoms with Crippen LogP contribution in [0.15, 0.2) is 46.9 Å². The van der Waals surface area contributed by atoms with Gasteiger partial charge in [0.15, 0.2) is 6.17 Å². The van der Waals surface area contributed by atoms with Crippen LogP contribution in [0.2, 0.25) is 0 Å². The van der Waals surface area contributed by atoms with Gasteiger partial charge in [-0.15, -0.1) is 0 Å². The molecular weight excluding hydrogens is 651 g/mol. The summed E-state index contributed by atoms with van der Waals surface area (Å²) in [6.07, 6.45) is 16.0. The molecule has 0 radical (unpaired) electrons. The fourth-order valence-corrected chi connectivity index (χ4v) is 6.15. The van der Waals surface area contributed by atoms with Crippen molar-refractivity contribution in [2.24, 2.45) is 5.92 Å². The second kappa shape index (κ2) is 22.0. The van der Waals surface area contributed by atoms with E-state index >= 15 is 0 Å². The molecule has 2 aromatic rings. The Morgan fingerprint density at radius 2 is 1.39 bits per heavy atom. The van der Waals surface area contributed by atoms with Gasteiger partial charge in [-0.25, -0.2) is 14.0 Å². The van der Waals surface area contributed by atoms with Gasteiger partial charge in [0.25, 0.3) is 0 Å². The number of carbonyl (C=O) groups excluding carboxylic acids is 2. The van der Waals surface area contributed by atoms with Gasteiger partial charge in [-0.3, -0.25) is 0 Å². The van der Waals surface area contributed by atoms with Gasteiger partial charge in [0, 0.05) is 0 Å². The molecule has 0 N–H and O–H groups in total. The topological polar surface area (TPSA) is 71.1 Å². The highest BCUT2D eigenvalue weighted by atomic mass is 79.9. The number of unbranched alkanes of at least 4 members (excludes halogenated alkanes) is 10. The van der Waals surface area contributed by atoms with Crippen LogP contribution in [0, 0.1) is 5.92 Å². The van der Waals surface area contributed by atoms with Crippen LogP contribution in [0.4, 0.5) is 4.39 Å². The maximum Gasteiger partial charge on any atom is 0.343 e. The number of carbonyl (C=O) groups is 2. The third-order valence-corrected chi connectivity index (χ3v) is 9.21. The normalized spacial score (nSPS) is 16.9. The molecule has 0 heterocycles. The largest absolute Gasteiger partial charge is 0.493 e. The number of esters is 2. The Balaban J connectivity index is 1.30. The molecule has 1 fully saturated rings. The van der Waals surface area contributed by atoms with Crippen molar-refractivity contribution in [2.75, 3.05) is 13.2 Å². The van der Waals surface area contributed by atoms with E-state index in [9.17, 15) is 14.0 Å². The molecule has 0 saturated heterocycles. The molecule has 0 aromatic heterocycles. The molecule has 46 heavy (non-hydrogen) atoms. The van der Waals surface area contributed by atoms with E-state index in [1.165, 1.54) is 57.8 Å². The van der Waals surface area contributed by atoms with Crippen LogP contribution in [0.5, 0.6) is 17.2 Å². The van der Waals surface area contributed by atoms with E-state index in [0.717, 1.165) is 48.7 Å². The predicted molar refractivity (Wildman–Crippen MR) is 185 cm³/mol. The maximum absolute atomic E-state index is 13.9. The second-order valence-corrected chi connectivity index (χ2v) is 13.4. The van der Waals surface area contributed by atoms with E-state index < -0.39 is 18.1 Å². The van der Waals surface area contributed by atoms with Crippen molar-refractivity contribution >= 4 is 27.9 Å². The van der Waals surface area contributed by atoms with Crippen molar-refractivity contribution in [3.63, 3.8) is 0 Å². The summed E-state index contributed by atoms with van der Waals surface area (Å²) in [6.45, 7) is 5.43. The van der Waals surface area contributed by atoms with Gasteiger partial charge in [-0.2, -0.15) is 0 Å². The van der Waals surface area contributed by atoms with Crippen molar-refractivity contribution in [2.45, 2.75) is 135 Å². The second-order valence-electron chi connectivity index (χ2n) is 12.5. The fourth-order valence-electron chi connectivity index (χ4n) is 5.66. The Labute approximate surface area is 284 Å². The molecule has 0 aliphatic heterocycles. The van der Waals surface area contributed by atoms with E-state index in [0.29, 0.717) is 42.6 Å². The first kappa shape index (κ1) is 37.8. The molecule has 0 amide bonds. The van der Waals surface area contributed by atoms with Gasteiger partial charge < -0.3 is 18.9 Å².